The maximum atomic E-state index is 14.4. The molecule has 2 aliphatic rings. The van der Waals surface area contributed by atoms with E-state index in [1.54, 1.807) is 17.0 Å². The van der Waals surface area contributed by atoms with Crippen molar-refractivity contribution in [3.63, 3.8) is 0 Å². The second-order valence-corrected chi connectivity index (χ2v) is 7.73. The van der Waals surface area contributed by atoms with Gasteiger partial charge in [-0.15, -0.1) is 0 Å². The van der Waals surface area contributed by atoms with Crippen LogP contribution in [-0.2, 0) is 5.41 Å². The number of carbonyl (C=O) groups excluding carboxylic acids is 1. The number of halogens is 1. The Morgan fingerprint density at radius 1 is 1.23 bits per heavy atom. The Morgan fingerprint density at radius 2 is 2.00 bits per heavy atom. The minimum atomic E-state index is -0.510. The molecule has 1 heterocycles. The standard InChI is InChI=1S/C22H24FNO2/c1-15(2)26-18-8-9-19(20(23)12-18)21(25)24-11-10-22(13-17(22)14-24)16-6-4-3-5-7-16/h3-9,12,15,17H,10-11,13-14H2,1-2H3. The van der Waals surface area contributed by atoms with Crippen LogP contribution in [0.5, 0.6) is 5.75 Å². The Balaban J connectivity index is 1.46. The van der Waals surface area contributed by atoms with Crippen molar-refractivity contribution in [3.05, 3.63) is 65.5 Å². The molecular weight excluding hydrogens is 329 g/mol. The zero-order valence-corrected chi connectivity index (χ0v) is 15.2. The molecule has 2 unspecified atom stereocenters. The lowest BCUT2D eigenvalue weighted by Gasteiger charge is -2.32. The Bertz CT molecular complexity index is 820. The first-order valence-electron chi connectivity index (χ1n) is 9.30. The maximum absolute atomic E-state index is 14.4. The van der Waals surface area contributed by atoms with Gasteiger partial charge in [0, 0.05) is 24.6 Å². The number of likely N-dealkylation sites (tertiary alicyclic amines) is 1. The van der Waals surface area contributed by atoms with Crippen molar-refractivity contribution >= 4 is 5.91 Å². The predicted octanol–water partition coefficient (Wildman–Crippen LogP) is 4.42. The van der Waals surface area contributed by atoms with E-state index in [1.165, 1.54) is 11.6 Å². The molecule has 4 heteroatoms. The van der Waals surface area contributed by atoms with Crippen LogP contribution in [0, 0.1) is 11.7 Å². The summed E-state index contributed by atoms with van der Waals surface area (Å²) >= 11 is 0. The Labute approximate surface area is 153 Å². The lowest BCUT2D eigenvalue weighted by molar-refractivity contribution is 0.0702. The van der Waals surface area contributed by atoms with E-state index >= 15 is 0 Å². The van der Waals surface area contributed by atoms with Crippen LogP contribution in [-0.4, -0.2) is 30.0 Å². The summed E-state index contributed by atoms with van der Waals surface area (Å²) in [6, 6.07) is 15.1. The third-order valence-corrected chi connectivity index (χ3v) is 5.68. The third kappa shape index (κ3) is 2.98. The number of amides is 1. The molecule has 136 valence electrons. The van der Waals surface area contributed by atoms with Crippen LogP contribution >= 0.6 is 0 Å². The molecule has 1 saturated carbocycles. The zero-order valence-electron chi connectivity index (χ0n) is 15.2. The molecule has 2 atom stereocenters. The molecule has 0 N–H and O–H groups in total. The molecule has 0 aromatic heterocycles. The van der Waals surface area contributed by atoms with Gasteiger partial charge in [-0.3, -0.25) is 4.79 Å². The molecule has 2 aromatic carbocycles. The highest BCUT2D eigenvalue weighted by molar-refractivity contribution is 5.94. The van der Waals surface area contributed by atoms with Crippen molar-refractivity contribution in [2.24, 2.45) is 5.92 Å². The van der Waals surface area contributed by atoms with Crippen LogP contribution in [0.2, 0.25) is 0 Å². The lowest BCUT2D eigenvalue weighted by atomic mass is 9.87. The molecule has 1 amide bonds. The van der Waals surface area contributed by atoms with Crippen molar-refractivity contribution in [3.8, 4) is 5.75 Å². The summed E-state index contributed by atoms with van der Waals surface area (Å²) in [4.78, 5) is 14.6. The molecular formula is C22H24FNO2. The van der Waals surface area contributed by atoms with Gasteiger partial charge in [0.25, 0.3) is 5.91 Å². The van der Waals surface area contributed by atoms with E-state index in [9.17, 15) is 9.18 Å². The summed E-state index contributed by atoms with van der Waals surface area (Å²) in [5.74, 6) is 0.211. The van der Waals surface area contributed by atoms with Crippen molar-refractivity contribution in [1.82, 2.24) is 4.90 Å². The predicted molar refractivity (Wildman–Crippen MR) is 98.9 cm³/mol. The van der Waals surface area contributed by atoms with E-state index in [-0.39, 0.29) is 23.0 Å². The van der Waals surface area contributed by atoms with E-state index < -0.39 is 5.82 Å². The summed E-state index contributed by atoms with van der Waals surface area (Å²) in [6.45, 7) is 5.16. The van der Waals surface area contributed by atoms with Crippen LogP contribution < -0.4 is 4.74 Å². The van der Waals surface area contributed by atoms with Gasteiger partial charge in [0.05, 0.1) is 11.7 Å². The van der Waals surface area contributed by atoms with Gasteiger partial charge < -0.3 is 9.64 Å². The fraction of sp³-hybridized carbons (Fsp3) is 0.409. The van der Waals surface area contributed by atoms with Gasteiger partial charge in [0.2, 0.25) is 0 Å². The average Bonchev–Trinajstić information content (AvgIpc) is 3.36. The van der Waals surface area contributed by atoms with Gasteiger partial charge in [-0.05, 0) is 50.3 Å². The second kappa shape index (κ2) is 6.42. The van der Waals surface area contributed by atoms with E-state index in [1.807, 2.05) is 19.9 Å². The Kier molecular flexibility index (Phi) is 4.22. The van der Waals surface area contributed by atoms with E-state index in [0.717, 1.165) is 12.8 Å². The molecule has 4 rings (SSSR count). The van der Waals surface area contributed by atoms with Crippen LogP contribution in [0.1, 0.15) is 42.6 Å². The molecule has 0 spiro atoms. The van der Waals surface area contributed by atoms with Gasteiger partial charge in [-0.1, -0.05) is 30.3 Å². The quantitative estimate of drug-likeness (QED) is 0.814. The third-order valence-electron chi connectivity index (χ3n) is 5.68. The van der Waals surface area contributed by atoms with Gasteiger partial charge in [-0.2, -0.15) is 0 Å². The van der Waals surface area contributed by atoms with E-state index in [2.05, 4.69) is 24.3 Å². The van der Waals surface area contributed by atoms with Crippen LogP contribution in [0.15, 0.2) is 48.5 Å². The fourth-order valence-electron chi connectivity index (χ4n) is 4.26. The molecule has 1 aliphatic heterocycles. The second-order valence-electron chi connectivity index (χ2n) is 7.73. The number of fused-ring (bicyclic) bond motifs is 1. The summed E-state index contributed by atoms with van der Waals surface area (Å²) in [7, 11) is 0. The Hall–Kier alpha value is -2.36. The summed E-state index contributed by atoms with van der Waals surface area (Å²) < 4.78 is 19.9. The Morgan fingerprint density at radius 3 is 2.65 bits per heavy atom. The summed E-state index contributed by atoms with van der Waals surface area (Å²) in [5.41, 5.74) is 1.73. The van der Waals surface area contributed by atoms with Crippen molar-refractivity contribution in [2.75, 3.05) is 13.1 Å². The molecule has 1 saturated heterocycles. The van der Waals surface area contributed by atoms with Gasteiger partial charge in [0.1, 0.15) is 11.6 Å². The van der Waals surface area contributed by atoms with E-state index in [0.29, 0.717) is 24.8 Å². The first kappa shape index (κ1) is 17.1. The largest absolute Gasteiger partial charge is 0.491 e. The number of ether oxygens (including phenoxy) is 1. The summed E-state index contributed by atoms with van der Waals surface area (Å²) in [6.07, 6.45) is 2.03. The minimum Gasteiger partial charge on any atom is -0.491 e. The van der Waals surface area contributed by atoms with Crippen LogP contribution in [0.25, 0.3) is 0 Å². The fourth-order valence-corrected chi connectivity index (χ4v) is 4.26. The number of benzene rings is 2. The first-order chi connectivity index (χ1) is 12.5. The number of piperidine rings is 1. The average molecular weight is 353 g/mol. The molecule has 2 aromatic rings. The number of nitrogens with zero attached hydrogens (tertiary/aromatic N) is 1. The van der Waals surface area contributed by atoms with Gasteiger partial charge in [-0.25, -0.2) is 4.39 Å². The lowest BCUT2D eigenvalue weighted by Crippen LogP contribution is -2.40. The minimum absolute atomic E-state index is 0.0287. The van der Waals surface area contributed by atoms with Crippen molar-refractivity contribution in [2.45, 2.75) is 38.2 Å². The highest BCUT2D eigenvalue weighted by Gasteiger charge is 2.57. The summed E-state index contributed by atoms with van der Waals surface area (Å²) in [5, 5.41) is 0. The molecule has 1 aliphatic carbocycles. The van der Waals surface area contributed by atoms with Crippen LogP contribution in [0.3, 0.4) is 0 Å². The van der Waals surface area contributed by atoms with Gasteiger partial charge >= 0.3 is 0 Å². The van der Waals surface area contributed by atoms with Crippen molar-refractivity contribution < 1.29 is 13.9 Å². The maximum Gasteiger partial charge on any atom is 0.256 e. The van der Waals surface area contributed by atoms with Gasteiger partial charge in [0.15, 0.2) is 0 Å². The van der Waals surface area contributed by atoms with Crippen molar-refractivity contribution in [1.29, 1.82) is 0 Å². The highest BCUT2D eigenvalue weighted by Crippen LogP contribution is 2.59. The molecule has 2 fully saturated rings. The molecule has 3 nitrogen and oxygen atoms in total. The number of hydrogen-bond donors (Lipinski definition) is 0. The van der Waals surface area contributed by atoms with Crippen LogP contribution in [0.4, 0.5) is 4.39 Å². The first-order valence-corrected chi connectivity index (χ1v) is 9.30. The number of rotatable bonds is 4. The zero-order chi connectivity index (χ0) is 18.3. The van der Waals surface area contributed by atoms with E-state index in [4.69, 9.17) is 4.74 Å². The number of hydrogen-bond acceptors (Lipinski definition) is 2. The molecule has 0 bridgehead atoms. The number of carbonyl (C=O) groups is 1. The molecule has 26 heavy (non-hydrogen) atoms. The smallest absolute Gasteiger partial charge is 0.256 e. The topological polar surface area (TPSA) is 29.5 Å². The molecule has 0 radical (unpaired) electrons. The highest BCUT2D eigenvalue weighted by atomic mass is 19.1. The SMILES string of the molecule is CC(C)Oc1ccc(C(=O)N2CCC3(c4ccccc4)CC3C2)c(F)c1. The normalized spacial score (nSPS) is 24.3. The monoisotopic (exact) mass is 353 g/mol.